The Morgan fingerprint density at radius 2 is 2.00 bits per heavy atom. The Kier molecular flexibility index (Phi) is 3.88. The molecule has 1 unspecified atom stereocenters. The van der Waals surface area contributed by atoms with Gasteiger partial charge < -0.3 is 5.11 Å². The van der Waals surface area contributed by atoms with E-state index < -0.39 is 6.10 Å². The average molecular weight is 144 g/mol. The second-order valence-corrected chi connectivity index (χ2v) is 2.47. The predicted octanol–water partition coefficient (Wildman–Crippen LogP) is 0.305. The summed E-state index contributed by atoms with van der Waals surface area (Å²) >= 11 is 0. The van der Waals surface area contributed by atoms with E-state index in [1.54, 1.807) is 0 Å². The molecular formula is C7H12O3. The molecule has 0 rings (SSSR count). The number of Topliss-reactive ketones (excluding diaryl/α,β-unsaturated/α-hetero) is 2. The average Bonchev–Trinajstić information content (AvgIpc) is 1.58. The van der Waals surface area contributed by atoms with E-state index >= 15 is 0 Å². The van der Waals surface area contributed by atoms with E-state index in [-0.39, 0.29) is 24.4 Å². The van der Waals surface area contributed by atoms with Crippen molar-refractivity contribution >= 4 is 11.6 Å². The maximum absolute atomic E-state index is 10.7. The molecule has 0 aliphatic carbocycles. The summed E-state index contributed by atoms with van der Waals surface area (Å²) in [6, 6.07) is 0. The number of aliphatic hydroxyl groups excluding tert-OH is 1. The van der Waals surface area contributed by atoms with Crippen LogP contribution in [0.15, 0.2) is 0 Å². The van der Waals surface area contributed by atoms with E-state index in [0.29, 0.717) is 0 Å². The van der Waals surface area contributed by atoms with Crippen LogP contribution in [0, 0.1) is 0 Å². The lowest BCUT2D eigenvalue weighted by Gasteiger charge is -1.99. The van der Waals surface area contributed by atoms with Crippen LogP contribution in [-0.4, -0.2) is 22.8 Å². The smallest absolute Gasteiger partial charge is 0.142 e. The summed E-state index contributed by atoms with van der Waals surface area (Å²) in [6.07, 6.45) is -0.600. The molecule has 0 aromatic heterocycles. The summed E-state index contributed by atoms with van der Waals surface area (Å²) in [5, 5.41) is 8.70. The molecule has 0 bridgehead atoms. The summed E-state index contributed by atoms with van der Waals surface area (Å²) in [7, 11) is 0. The van der Waals surface area contributed by atoms with Gasteiger partial charge in [-0.05, 0) is 13.8 Å². The third-order valence-corrected chi connectivity index (χ3v) is 0.969. The van der Waals surface area contributed by atoms with Crippen LogP contribution < -0.4 is 0 Å². The van der Waals surface area contributed by atoms with E-state index in [0.717, 1.165) is 0 Å². The molecule has 3 nitrogen and oxygen atoms in total. The number of aliphatic hydroxyl groups is 1. The Morgan fingerprint density at radius 1 is 1.50 bits per heavy atom. The molecule has 0 radical (unpaired) electrons. The fourth-order valence-electron chi connectivity index (χ4n) is 0.679. The molecule has 3 heteroatoms. The van der Waals surface area contributed by atoms with Crippen molar-refractivity contribution in [1.29, 1.82) is 0 Å². The number of carbonyl (C=O) groups excluding carboxylic acids is 2. The lowest BCUT2D eigenvalue weighted by atomic mass is 10.1. The Labute approximate surface area is 60.0 Å². The van der Waals surface area contributed by atoms with Crippen LogP contribution in [0.4, 0.5) is 0 Å². The standard InChI is InChI=1S/C7H12O3/c1-5(8)3-7(10)4-6(2)9/h5,8H,3-4H2,1-2H3. The summed E-state index contributed by atoms with van der Waals surface area (Å²) in [5.74, 6) is -0.340. The van der Waals surface area contributed by atoms with Crippen molar-refractivity contribution in [3.05, 3.63) is 0 Å². The van der Waals surface area contributed by atoms with E-state index in [1.807, 2.05) is 0 Å². The van der Waals surface area contributed by atoms with Gasteiger partial charge in [0.05, 0.1) is 12.5 Å². The highest BCUT2D eigenvalue weighted by molar-refractivity contribution is 5.98. The van der Waals surface area contributed by atoms with Crippen molar-refractivity contribution in [2.75, 3.05) is 0 Å². The highest BCUT2D eigenvalue weighted by atomic mass is 16.3. The van der Waals surface area contributed by atoms with Crippen molar-refractivity contribution in [2.24, 2.45) is 0 Å². The van der Waals surface area contributed by atoms with Crippen molar-refractivity contribution in [1.82, 2.24) is 0 Å². The number of rotatable bonds is 4. The van der Waals surface area contributed by atoms with Crippen LogP contribution in [-0.2, 0) is 9.59 Å². The molecule has 0 saturated carbocycles. The van der Waals surface area contributed by atoms with E-state index in [4.69, 9.17) is 5.11 Å². The fraction of sp³-hybridized carbons (Fsp3) is 0.714. The van der Waals surface area contributed by atoms with Gasteiger partial charge in [0.2, 0.25) is 0 Å². The summed E-state index contributed by atoms with van der Waals surface area (Å²) in [4.78, 5) is 21.0. The summed E-state index contributed by atoms with van der Waals surface area (Å²) in [6.45, 7) is 2.89. The van der Waals surface area contributed by atoms with Crippen molar-refractivity contribution in [3.8, 4) is 0 Å². The fourth-order valence-corrected chi connectivity index (χ4v) is 0.679. The Balaban J connectivity index is 3.54. The molecule has 0 saturated heterocycles. The zero-order chi connectivity index (χ0) is 8.15. The van der Waals surface area contributed by atoms with Crippen LogP contribution in [0.2, 0.25) is 0 Å². The third kappa shape index (κ3) is 5.44. The van der Waals surface area contributed by atoms with Gasteiger partial charge >= 0.3 is 0 Å². The van der Waals surface area contributed by atoms with Gasteiger partial charge in [-0.1, -0.05) is 0 Å². The highest BCUT2D eigenvalue weighted by Crippen LogP contribution is 1.95. The van der Waals surface area contributed by atoms with Crippen LogP contribution in [0.25, 0.3) is 0 Å². The second-order valence-electron chi connectivity index (χ2n) is 2.47. The minimum Gasteiger partial charge on any atom is -0.393 e. The third-order valence-electron chi connectivity index (χ3n) is 0.969. The van der Waals surface area contributed by atoms with Gasteiger partial charge in [-0.15, -0.1) is 0 Å². The van der Waals surface area contributed by atoms with Crippen molar-refractivity contribution < 1.29 is 14.7 Å². The molecule has 0 fully saturated rings. The molecule has 58 valence electrons. The Morgan fingerprint density at radius 3 is 2.30 bits per heavy atom. The van der Waals surface area contributed by atoms with E-state index in [1.165, 1.54) is 13.8 Å². The Hall–Kier alpha value is -0.700. The van der Waals surface area contributed by atoms with Gasteiger partial charge in [-0.25, -0.2) is 0 Å². The lowest BCUT2D eigenvalue weighted by Crippen LogP contribution is -2.11. The summed E-state index contributed by atoms with van der Waals surface area (Å²) < 4.78 is 0. The molecule has 0 aliphatic heterocycles. The van der Waals surface area contributed by atoms with Crippen molar-refractivity contribution in [2.45, 2.75) is 32.8 Å². The number of hydrogen-bond acceptors (Lipinski definition) is 3. The number of hydrogen-bond donors (Lipinski definition) is 1. The molecule has 1 atom stereocenters. The van der Waals surface area contributed by atoms with Crippen LogP contribution in [0.1, 0.15) is 26.7 Å². The first-order valence-corrected chi connectivity index (χ1v) is 3.21. The predicted molar refractivity (Wildman–Crippen MR) is 36.6 cm³/mol. The summed E-state index contributed by atoms with van der Waals surface area (Å²) in [5.41, 5.74) is 0. The van der Waals surface area contributed by atoms with Gasteiger partial charge in [0.15, 0.2) is 0 Å². The largest absolute Gasteiger partial charge is 0.393 e. The van der Waals surface area contributed by atoms with Gasteiger partial charge in [0, 0.05) is 6.42 Å². The van der Waals surface area contributed by atoms with Gasteiger partial charge in [-0.2, -0.15) is 0 Å². The normalized spacial score (nSPS) is 12.7. The van der Waals surface area contributed by atoms with E-state index in [2.05, 4.69) is 0 Å². The lowest BCUT2D eigenvalue weighted by molar-refractivity contribution is -0.126. The zero-order valence-corrected chi connectivity index (χ0v) is 6.26. The number of ketones is 2. The van der Waals surface area contributed by atoms with E-state index in [9.17, 15) is 9.59 Å². The Bertz CT molecular complexity index is 138. The second kappa shape index (κ2) is 4.17. The number of carbonyl (C=O) groups is 2. The molecule has 0 aliphatic rings. The first kappa shape index (κ1) is 9.30. The topological polar surface area (TPSA) is 54.4 Å². The van der Waals surface area contributed by atoms with Crippen molar-refractivity contribution in [3.63, 3.8) is 0 Å². The highest BCUT2D eigenvalue weighted by Gasteiger charge is 2.07. The molecule has 0 spiro atoms. The molecule has 10 heavy (non-hydrogen) atoms. The molecule has 1 N–H and O–H groups in total. The maximum Gasteiger partial charge on any atom is 0.142 e. The molecule has 0 aromatic rings. The molecule has 0 heterocycles. The van der Waals surface area contributed by atoms with Gasteiger partial charge in [0.25, 0.3) is 0 Å². The van der Waals surface area contributed by atoms with Crippen LogP contribution in [0.5, 0.6) is 0 Å². The van der Waals surface area contributed by atoms with Crippen LogP contribution in [0.3, 0.4) is 0 Å². The molecule has 0 amide bonds. The molecular weight excluding hydrogens is 132 g/mol. The zero-order valence-electron chi connectivity index (χ0n) is 6.26. The van der Waals surface area contributed by atoms with Gasteiger partial charge in [-0.3, -0.25) is 9.59 Å². The first-order chi connectivity index (χ1) is 4.52. The minimum atomic E-state index is -0.633. The minimum absolute atomic E-state index is 0.0507. The van der Waals surface area contributed by atoms with Crippen LogP contribution >= 0.6 is 0 Å². The molecule has 0 aromatic carbocycles. The first-order valence-electron chi connectivity index (χ1n) is 3.21. The maximum atomic E-state index is 10.7. The monoisotopic (exact) mass is 144 g/mol. The SMILES string of the molecule is CC(=O)CC(=O)CC(C)O. The quantitative estimate of drug-likeness (QED) is 0.577. The van der Waals surface area contributed by atoms with Gasteiger partial charge in [0.1, 0.15) is 11.6 Å².